The first-order valence-corrected chi connectivity index (χ1v) is 6.53. The van der Waals surface area contributed by atoms with Crippen molar-refractivity contribution in [3.05, 3.63) is 27.8 Å². The Balaban J connectivity index is 2.49. The molecule has 1 amide bonds. The minimum atomic E-state index is -0.462. The summed E-state index contributed by atoms with van der Waals surface area (Å²) in [7, 11) is 0. The number of amides is 1. The Kier molecular flexibility index (Phi) is 4.19. The van der Waals surface area contributed by atoms with E-state index >= 15 is 0 Å². The topological polar surface area (TPSA) is 95.7 Å². The maximum atomic E-state index is 11.4. The van der Waals surface area contributed by atoms with E-state index in [1.807, 2.05) is 6.92 Å². The predicted molar refractivity (Wildman–Crippen MR) is 75.0 cm³/mol. The molecule has 0 spiro atoms. The number of nitrogens with zero attached hydrogens (tertiary/aromatic N) is 2. The van der Waals surface area contributed by atoms with Crippen molar-refractivity contribution in [1.29, 1.82) is 0 Å². The van der Waals surface area contributed by atoms with E-state index in [4.69, 9.17) is 5.11 Å². The van der Waals surface area contributed by atoms with E-state index in [9.17, 15) is 14.9 Å². The van der Waals surface area contributed by atoms with Crippen LogP contribution in [0.5, 0.6) is 0 Å². The number of hydrogen-bond donors (Lipinski definition) is 2. The van der Waals surface area contributed by atoms with Gasteiger partial charge in [-0.1, -0.05) is 0 Å². The first-order valence-electron chi connectivity index (χ1n) is 6.53. The third-order valence-corrected chi connectivity index (χ3v) is 3.38. The second kappa shape index (κ2) is 5.87. The van der Waals surface area contributed by atoms with Gasteiger partial charge >= 0.3 is 0 Å². The standard InChI is InChI=1S/C13H17N3O4/c1-2-15(5-6-17)11-7-9-3-4-13(18)14-10(9)8-12(11)16(19)20/h7-8,17H,2-6H2,1H3,(H,14,18). The van der Waals surface area contributed by atoms with Crippen LogP contribution in [0.15, 0.2) is 12.1 Å². The fraction of sp³-hybridized carbons (Fsp3) is 0.462. The number of carbonyl (C=O) groups is 1. The number of hydrogen-bond acceptors (Lipinski definition) is 5. The van der Waals surface area contributed by atoms with Crippen LogP contribution in [-0.4, -0.2) is 35.6 Å². The van der Waals surface area contributed by atoms with Gasteiger partial charge in [0.15, 0.2) is 0 Å². The second-order valence-corrected chi connectivity index (χ2v) is 4.61. The summed E-state index contributed by atoms with van der Waals surface area (Å²) in [6, 6.07) is 3.15. The summed E-state index contributed by atoms with van der Waals surface area (Å²) in [5, 5.41) is 22.9. The van der Waals surface area contributed by atoms with E-state index in [1.54, 1.807) is 11.0 Å². The number of rotatable bonds is 5. The maximum Gasteiger partial charge on any atom is 0.294 e. The predicted octanol–water partition coefficient (Wildman–Crippen LogP) is 1.30. The number of aliphatic hydroxyl groups is 1. The molecule has 1 heterocycles. The fourth-order valence-corrected chi connectivity index (χ4v) is 2.37. The molecule has 7 heteroatoms. The Morgan fingerprint density at radius 2 is 2.20 bits per heavy atom. The summed E-state index contributed by atoms with van der Waals surface area (Å²) in [6.45, 7) is 2.70. The highest BCUT2D eigenvalue weighted by Crippen LogP contribution is 2.36. The van der Waals surface area contributed by atoms with Crippen LogP contribution in [0.4, 0.5) is 17.1 Å². The monoisotopic (exact) mass is 279 g/mol. The summed E-state index contributed by atoms with van der Waals surface area (Å²) in [4.78, 5) is 23.9. The molecule has 2 N–H and O–H groups in total. The molecular weight excluding hydrogens is 262 g/mol. The Bertz CT molecular complexity index is 545. The number of carbonyl (C=O) groups excluding carboxylic acids is 1. The molecule has 0 fully saturated rings. The van der Waals surface area contributed by atoms with Gasteiger partial charge in [0.1, 0.15) is 5.69 Å². The third-order valence-electron chi connectivity index (χ3n) is 3.38. The van der Waals surface area contributed by atoms with E-state index in [2.05, 4.69) is 5.32 Å². The lowest BCUT2D eigenvalue weighted by Gasteiger charge is -2.24. The molecule has 108 valence electrons. The molecule has 0 saturated carbocycles. The third kappa shape index (κ3) is 2.72. The first kappa shape index (κ1) is 14.3. The Hall–Kier alpha value is -2.15. The summed E-state index contributed by atoms with van der Waals surface area (Å²) in [5.41, 5.74) is 1.83. The maximum absolute atomic E-state index is 11.4. The Labute approximate surface area is 116 Å². The lowest BCUT2D eigenvalue weighted by Crippen LogP contribution is -2.28. The van der Waals surface area contributed by atoms with Crippen molar-refractivity contribution in [2.45, 2.75) is 19.8 Å². The van der Waals surface area contributed by atoms with E-state index < -0.39 is 4.92 Å². The molecule has 0 aromatic heterocycles. The lowest BCUT2D eigenvalue weighted by atomic mass is 10.0. The molecule has 0 aliphatic carbocycles. The molecule has 0 radical (unpaired) electrons. The lowest BCUT2D eigenvalue weighted by molar-refractivity contribution is -0.384. The van der Waals surface area contributed by atoms with Gasteiger partial charge in [0.2, 0.25) is 5.91 Å². The van der Waals surface area contributed by atoms with Crippen molar-refractivity contribution < 1.29 is 14.8 Å². The molecule has 7 nitrogen and oxygen atoms in total. The first-order chi connectivity index (χ1) is 9.56. The average Bonchev–Trinajstić information content (AvgIpc) is 2.43. The SMILES string of the molecule is CCN(CCO)c1cc2c(cc1[N+](=O)[O-])NC(=O)CC2. The highest BCUT2D eigenvalue weighted by molar-refractivity contribution is 5.95. The zero-order valence-corrected chi connectivity index (χ0v) is 11.3. The van der Waals surface area contributed by atoms with Gasteiger partial charge in [0.05, 0.1) is 17.2 Å². The molecule has 1 aromatic carbocycles. The van der Waals surface area contributed by atoms with Crippen molar-refractivity contribution in [1.82, 2.24) is 0 Å². The van der Waals surface area contributed by atoms with Crippen LogP contribution in [0.2, 0.25) is 0 Å². The smallest absolute Gasteiger partial charge is 0.294 e. The largest absolute Gasteiger partial charge is 0.395 e. The molecule has 0 atom stereocenters. The van der Waals surface area contributed by atoms with E-state index in [0.717, 1.165) is 5.56 Å². The van der Waals surface area contributed by atoms with E-state index in [-0.39, 0.29) is 18.2 Å². The van der Waals surface area contributed by atoms with Crippen molar-refractivity contribution in [3.63, 3.8) is 0 Å². The van der Waals surface area contributed by atoms with E-state index in [1.165, 1.54) is 6.07 Å². The minimum Gasteiger partial charge on any atom is -0.395 e. The van der Waals surface area contributed by atoms with Crippen molar-refractivity contribution >= 4 is 23.0 Å². The molecule has 1 aliphatic heterocycles. The minimum absolute atomic E-state index is 0.0544. The Morgan fingerprint density at radius 3 is 2.80 bits per heavy atom. The van der Waals surface area contributed by atoms with Crippen molar-refractivity contribution in [2.24, 2.45) is 0 Å². The van der Waals surface area contributed by atoms with Crippen molar-refractivity contribution in [3.8, 4) is 0 Å². The second-order valence-electron chi connectivity index (χ2n) is 4.61. The number of fused-ring (bicyclic) bond motifs is 1. The van der Waals surface area contributed by atoms with Crippen LogP contribution in [-0.2, 0) is 11.2 Å². The number of likely N-dealkylation sites (N-methyl/N-ethyl adjacent to an activating group) is 1. The number of anilines is 2. The Morgan fingerprint density at radius 1 is 1.45 bits per heavy atom. The quantitative estimate of drug-likeness (QED) is 0.625. The number of nitrogens with one attached hydrogen (secondary N) is 1. The van der Waals surface area contributed by atoms with Crippen LogP contribution < -0.4 is 10.2 Å². The van der Waals surface area contributed by atoms with Crippen LogP contribution in [0.25, 0.3) is 0 Å². The molecule has 0 saturated heterocycles. The number of aliphatic hydroxyl groups excluding tert-OH is 1. The van der Waals surface area contributed by atoms with Gasteiger partial charge in [0, 0.05) is 25.6 Å². The van der Waals surface area contributed by atoms with Gasteiger partial charge < -0.3 is 15.3 Å². The zero-order valence-electron chi connectivity index (χ0n) is 11.3. The van der Waals surface area contributed by atoms with Gasteiger partial charge in [-0.15, -0.1) is 0 Å². The molecule has 0 unspecified atom stereocenters. The molecule has 1 aliphatic rings. The number of nitro groups is 1. The number of nitro benzene ring substituents is 1. The highest BCUT2D eigenvalue weighted by Gasteiger charge is 2.24. The van der Waals surface area contributed by atoms with Crippen LogP contribution in [0, 0.1) is 10.1 Å². The molecule has 20 heavy (non-hydrogen) atoms. The summed E-state index contributed by atoms with van der Waals surface area (Å²) < 4.78 is 0. The van der Waals surface area contributed by atoms with Gasteiger partial charge in [-0.25, -0.2) is 0 Å². The normalized spacial score (nSPS) is 13.6. The van der Waals surface area contributed by atoms with Gasteiger partial charge in [0.25, 0.3) is 5.69 Å². The van der Waals surface area contributed by atoms with Gasteiger partial charge in [-0.3, -0.25) is 14.9 Å². The number of benzene rings is 1. The van der Waals surface area contributed by atoms with Crippen molar-refractivity contribution in [2.75, 3.05) is 29.9 Å². The number of aryl methyl sites for hydroxylation is 1. The molecule has 0 bridgehead atoms. The molecule has 2 rings (SSSR count). The van der Waals surface area contributed by atoms with Crippen LogP contribution in [0.1, 0.15) is 18.9 Å². The van der Waals surface area contributed by atoms with Gasteiger partial charge in [-0.05, 0) is 25.0 Å². The van der Waals surface area contributed by atoms with Crippen LogP contribution in [0.3, 0.4) is 0 Å². The average molecular weight is 279 g/mol. The zero-order chi connectivity index (χ0) is 14.7. The molecule has 1 aromatic rings. The molecular formula is C13H17N3O4. The van der Waals surface area contributed by atoms with Gasteiger partial charge in [-0.2, -0.15) is 0 Å². The summed E-state index contributed by atoms with van der Waals surface area (Å²) >= 11 is 0. The highest BCUT2D eigenvalue weighted by atomic mass is 16.6. The van der Waals surface area contributed by atoms with Crippen LogP contribution >= 0.6 is 0 Å². The van der Waals surface area contributed by atoms with E-state index in [0.29, 0.717) is 37.3 Å². The fourth-order valence-electron chi connectivity index (χ4n) is 2.37. The summed E-state index contributed by atoms with van der Waals surface area (Å²) in [6.07, 6.45) is 0.958. The summed E-state index contributed by atoms with van der Waals surface area (Å²) in [5.74, 6) is -0.123.